The topological polar surface area (TPSA) is 44.7 Å². The monoisotopic (exact) mass is 268 g/mol. The Labute approximate surface area is 116 Å². The number of ether oxygens (including phenoxy) is 1. The standard InChI is InChI=1S/C15H28N2O2/c1-2-16-15(11-18)7-3-4-12(8-15)17-9-13-5-6-14(10-17)19-13/h12-14,16,18H,2-11H2,1H3. The first-order chi connectivity index (χ1) is 9.24. The molecule has 4 heteroatoms. The summed E-state index contributed by atoms with van der Waals surface area (Å²) >= 11 is 0. The average Bonchev–Trinajstić information content (AvgIpc) is 2.78. The molecule has 3 fully saturated rings. The Kier molecular flexibility index (Phi) is 4.13. The van der Waals surface area contributed by atoms with E-state index in [4.69, 9.17) is 4.74 Å². The zero-order valence-electron chi connectivity index (χ0n) is 12.1. The molecule has 2 saturated heterocycles. The summed E-state index contributed by atoms with van der Waals surface area (Å²) in [6.45, 7) is 5.57. The van der Waals surface area contributed by atoms with Crippen molar-refractivity contribution in [3.8, 4) is 0 Å². The van der Waals surface area contributed by atoms with Crippen LogP contribution in [0.2, 0.25) is 0 Å². The number of aliphatic hydroxyl groups is 1. The lowest BCUT2D eigenvalue weighted by atomic mass is 9.78. The van der Waals surface area contributed by atoms with Gasteiger partial charge in [-0.15, -0.1) is 0 Å². The van der Waals surface area contributed by atoms with E-state index >= 15 is 0 Å². The lowest BCUT2D eigenvalue weighted by Gasteiger charge is -2.46. The Balaban J connectivity index is 1.64. The van der Waals surface area contributed by atoms with Crippen molar-refractivity contribution in [1.29, 1.82) is 0 Å². The van der Waals surface area contributed by atoms with Gasteiger partial charge in [0.05, 0.1) is 18.8 Å². The van der Waals surface area contributed by atoms with E-state index in [1.807, 2.05) is 0 Å². The molecule has 0 radical (unpaired) electrons. The zero-order valence-corrected chi connectivity index (χ0v) is 12.1. The maximum absolute atomic E-state index is 9.80. The number of morpholine rings is 1. The number of fused-ring (bicyclic) bond motifs is 2. The maximum Gasteiger partial charge on any atom is 0.0707 e. The largest absolute Gasteiger partial charge is 0.394 e. The van der Waals surface area contributed by atoms with Gasteiger partial charge in [0.25, 0.3) is 0 Å². The third-order valence-corrected chi connectivity index (χ3v) is 5.26. The van der Waals surface area contributed by atoms with Gasteiger partial charge < -0.3 is 15.2 Å². The molecule has 4 nitrogen and oxygen atoms in total. The highest BCUT2D eigenvalue weighted by Crippen LogP contribution is 2.35. The van der Waals surface area contributed by atoms with E-state index in [2.05, 4.69) is 17.1 Å². The van der Waals surface area contributed by atoms with Crippen LogP contribution in [0, 0.1) is 0 Å². The minimum atomic E-state index is -0.0327. The van der Waals surface area contributed by atoms with Crippen molar-refractivity contribution in [3.05, 3.63) is 0 Å². The number of rotatable bonds is 4. The molecule has 2 bridgehead atoms. The summed E-state index contributed by atoms with van der Waals surface area (Å²) in [5.41, 5.74) is -0.0327. The molecule has 3 aliphatic rings. The lowest BCUT2D eigenvalue weighted by molar-refractivity contribution is -0.0653. The predicted octanol–water partition coefficient (Wildman–Crippen LogP) is 1.13. The van der Waals surface area contributed by atoms with Crippen molar-refractivity contribution < 1.29 is 9.84 Å². The van der Waals surface area contributed by atoms with Gasteiger partial charge in [0.1, 0.15) is 0 Å². The van der Waals surface area contributed by atoms with E-state index in [-0.39, 0.29) is 12.1 Å². The summed E-state index contributed by atoms with van der Waals surface area (Å²) in [5.74, 6) is 0. The van der Waals surface area contributed by atoms with Gasteiger partial charge in [-0.2, -0.15) is 0 Å². The Morgan fingerprint density at radius 2 is 2.00 bits per heavy atom. The van der Waals surface area contributed by atoms with Crippen LogP contribution >= 0.6 is 0 Å². The van der Waals surface area contributed by atoms with Crippen molar-refractivity contribution in [2.75, 3.05) is 26.2 Å². The normalized spacial score (nSPS) is 43.6. The molecule has 1 aliphatic carbocycles. The van der Waals surface area contributed by atoms with Gasteiger partial charge >= 0.3 is 0 Å². The zero-order chi connectivity index (χ0) is 13.3. The summed E-state index contributed by atoms with van der Waals surface area (Å²) in [6, 6.07) is 0.631. The van der Waals surface area contributed by atoms with Crippen LogP contribution in [0.25, 0.3) is 0 Å². The molecule has 0 aromatic rings. The molecule has 0 aromatic heterocycles. The molecule has 4 unspecified atom stereocenters. The molecule has 2 heterocycles. The summed E-state index contributed by atoms with van der Waals surface area (Å²) < 4.78 is 5.94. The fourth-order valence-corrected chi connectivity index (χ4v) is 4.32. The van der Waals surface area contributed by atoms with Crippen molar-refractivity contribution >= 4 is 0 Å². The van der Waals surface area contributed by atoms with E-state index in [9.17, 15) is 5.11 Å². The second-order valence-electron chi connectivity index (χ2n) is 6.63. The van der Waals surface area contributed by atoms with E-state index in [1.165, 1.54) is 25.7 Å². The quantitative estimate of drug-likeness (QED) is 0.802. The van der Waals surface area contributed by atoms with Crippen LogP contribution in [0.4, 0.5) is 0 Å². The SMILES string of the molecule is CCNC1(CO)CCCC(N2CC3CCC(C2)O3)C1. The Hall–Kier alpha value is -0.160. The highest BCUT2D eigenvalue weighted by Gasteiger charge is 2.41. The van der Waals surface area contributed by atoms with E-state index in [0.717, 1.165) is 32.5 Å². The molecule has 0 aromatic carbocycles. The van der Waals surface area contributed by atoms with Crippen LogP contribution in [-0.4, -0.2) is 60.0 Å². The average molecular weight is 268 g/mol. The van der Waals surface area contributed by atoms with Crippen LogP contribution < -0.4 is 5.32 Å². The third-order valence-electron chi connectivity index (χ3n) is 5.26. The number of nitrogens with zero attached hydrogens (tertiary/aromatic N) is 1. The van der Waals surface area contributed by atoms with Gasteiger partial charge in [-0.1, -0.05) is 6.92 Å². The summed E-state index contributed by atoms with van der Waals surface area (Å²) in [5, 5.41) is 13.3. The highest BCUT2D eigenvalue weighted by atomic mass is 16.5. The van der Waals surface area contributed by atoms with Gasteiger partial charge in [-0.25, -0.2) is 0 Å². The van der Waals surface area contributed by atoms with Gasteiger partial charge in [0.15, 0.2) is 0 Å². The number of nitrogens with one attached hydrogen (secondary N) is 1. The molecule has 1 saturated carbocycles. The molecule has 19 heavy (non-hydrogen) atoms. The fraction of sp³-hybridized carbons (Fsp3) is 1.00. The molecule has 2 N–H and O–H groups in total. The van der Waals surface area contributed by atoms with Gasteiger partial charge in [0.2, 0.25) is 0 Å². The number of hydrogen-bond donors (Lipinski definition) is 2. The molecule has 110 valence electrons. The summed E-state index contributed by atoms with van der Waals surface area (Å²) in [7, 11) is 0. The van der Waals surface area contributed by atoms with E-state index in [0.29, 0.717) is 18.2 Å². The van der Waals surface area contributed by atoms with E-state index < -0.39 is 0 Å². The number of likely N-dealkylation sites (N-methyl/N-ethyl adjacent to an activating group) is 1. The first kappa shape index (κ1) is 13.8. The Morgan fingerprint density at radius 3 is 2.63 bits per heavy atom. The van der Waals surface area contributed by atoms with Crippen LogP contribution in [0.15, 0.2) is 0 Å². The minimum Gasteiger partial charge on any atom is -0.394 e. The third kappa shape index (κ3) is 2.82. The number of likely N-dealkylation sites (tertiary alicyclic amines) is 1. The highest BCUT2D eigenvalue weighted by molar-refractivity contribution is 4.98. The van der Waals surface area contributed by atoms with Crippen LogP contribution in [0.1, 0.15) is 45.4 Å². The minimum absolute atomic E-state index is 0.0327. The van der Waals surface area contributed by atoms with Crippen molar-refractivity contribution in [1.82, 2.24) is 10.2 Å². The number of aliphatic hydroxyl groups excluding tert-OH is 1. The Bertz CT molecular complexity index is 297. The fourth-order valence-electron chi connectivity index (χ4n) is 4.32. The molecule has 2 aliphatic heterocycles. The van der Waals surface area contributed by atoms with E-state index in [1.54, 1.807) is 0 Å². The second kappa shape index (κ2) is 5.68. The van der Waals surface area contributed by atoms with Crippen LogP contribution in [-0.2, 0) is 4.74 Å². The molecule has 4 atom stereocenters. The van der Waals surface area contributed by atoms with Crippen molar-refractivity contribution in [2.45, 2.75) is 69.2 Å². The van der Waals surface area contributed by atoms with Crippen LogP contribution in [0.3, 0.4) is 0 Å². The molecule has 0 amide bonds. The lowest BCUT2D eigenvalue weighted by Crippen LogP contribution is -2.58. The number of hydrogen-bond acceptors (Lipinski definition) is 4. The smallest absolute Gasteiger partial charge is 0.0707 e. The van der Waals surface area contributed by atoms with Gasteiger partial charge in [0, 0.05) is 24.7 Å². The van der Waals surface area contributed by atoms with Crippen LogP contribution in [0.5, 0.6) is 0 Å². The van der Waals surface area contributed by atoms with Crippen molar-refractivity contribution in [3.63, 3.8) is 0 Å². The predicted molar refractivity (Wildman–Crippen MR) is 75.2 cm³/mol. The first-order valence-corrected chi connectivity index (χ1v) is 8.00. The van der Waals surface area contributed by atoms with Gasteiger partial charge in [-0.3, -0.25) is 4.90 Å². The van der Waals surface area contributed by atoms with Gasteiger partial charge in [-0.05, 0) is 45.1 Å². The molecule has 0 spiro atoms. The first-order valence-electron chi connectivity index (χ1n) is 8.00. The maximum atomic E-state index is 9.80. The molecule has 3 rings (SSSR count). The second-order valence-corrected chi connectivity index (χ2v) is 6.63. The summed E-state index contributed by atoms with van der Waals surface area (Å²) in [6.07, 6.45) is 8.16. The molecular formula is C15H28N2O2. The Morgan fingerprint density at radius 1 is 1.26 bits per heavy atom. The summed E-state index contributed by atoms with van der Waals surface area (Å²) in [4.78, 5) is 2.65. The molecular weight excluding hydrogens is 240 g/mol. The van der Waals surface area contributed by atoms with Crippen molar-refractivity contribution in [2.24, 2.45) is 0 Å².